The fourth-order valence-corrected chi connectivity index (χ4v) is 5.97. The van der Waals surface area contributed by atoms with Crippen molar-refractivity contribution in [3.8, 4) is 10.6 Å². The molecule has 2 aliphatic rings. The molecular weight excluding hydrogens is 483 g/mol. The molecule has 9 heteroatoms. The van der Waals surface area contributed by atoms with E-state index in [0.717, 1.165) is 73.3 Å². The number of piperidine rings is 1. The number of nitrogens with one attached hydrogen (secondary N) is 2. The first-order chi connectivity index (χ1) is 16.5. The molecule has 4 heterocycles. The smallest absolute Gasteiger partial charge is 0.138 e. The quantitative estimate of drug-likeness (QED) is 0.479. The molecule has 3 aromatic rings. The van der Waals surface area contributed by atoms with Crippen LogP contribution in [0.25, 0.3) is 10.6 Å². The van der Waals surface area contributed by atoms with E-state index < -0.39 is 0 Å². The van der Waals surface area contributed by atoms with Crippen LogP contribution in [-0.4, -0.2) is 59.2 Å². The molecule has 2 aliphatic heterocycles. The predicted molar refractivity (Wildman–Crippen MR) is 145 cm³/mol. The van der Waals surface area contributed by atoms with E-state index in [1.807, 2.05) is 12.3 Å². The number of rotatable bonds is 6. The molecule has 5 rings (SSSR count). The minimum Gasteiger partial charge on any atom is -0.382 e. The van der Waals surface area contributed by atoms with E-state index in [9.17, 15) is 4.39 Å². The average molecular weight is 517 g/mol. The van der Waals surface area contributed by atoms with Crippen molar-refractivity contribution in [3.05, 3.63) is 59.5 Å². The number of hydrogen-bond acceptors (Lipinski definition) is 7. The highest BCUT2D eigenvalue weighted by atomic mass is 35.5. The lowest BCUT2D eigenvalue weighted by Crippen LogP contribution is -2.53. The Kier molecular flexibility index (Phi) is 8.59. The Morgan fingerprint density at radius 3 is 2.51 bits per heavy atom. The third kappa shape index (κ3) is 6.50. The van der Waals surface area contributed by atoms with Crippen molar-refractivity contribution in [1.82, 2.24) is 20.2 Å². The van der Waals surface area contributed by atoms with Gasteiger partial charge in [0.2, 0.25) is 0 Å². The van der Waals surface area contributed by atoms with E-state index >= 15 is 0 Å². The maximum Gasteiger partial charge on any atom is 0.138 e. The van der Waals surface area contributed by atoms with Gasteiger partial charge in [0.1, 0.15) is 16.6 Å². The molecule has 2 saturated heterocycles. The van der Waals surface area contributed by atoms with Crippen LogP contribution in [0.15, 0.2) is 48.0 Å². The van der Waals surface area contributed by atoms with Crippen LogP contribution in [0.2, 0.25) is 0 Å². The fourth-order valence-electron chi connectivity index (χ4n) is 5.14. The number of nitrogens with zero attached hydrogens (tertiary/aromatic N) is 4. The lowest BCUT2D eigenvalue weighted by molar-refractivity contribution is 0.165. The summed E-state index contributed by atoms with van der Waals surface area (Å²) in [5, 5.41) is 10.4. The van der Waals surface area contributed by atoms with Crippen molar-refractivity contribution >= 4 is 35.2 Å². The van der Waals surface area contributed by atoms with E-state index in [2.05, 4.69) is 45.7 Å². The van der Waals surface area contributed by atoms with Crippen LogP contribution in [0.3, 0.4) is 0 Å². The molecule has 188 valence electrons. The second kappa shape index (κ2) is 11.6. The molecule has 0 saturated carbocycles. The molecule has 0 unspecified atom stereocenters. The zero-order valence-electron chi connectivity index (χ0n) is 20.3. The first-order valence-electron chi connectivity index (χ1n) is 12.2. The highest BCUT2D eigenvalue weighted by Crippen LogP contribution is 2.33. The van der Waals surface area contributed by atoms with E-state index in [4.69, 9.17) is 9.97 Å². The Morgan fingerprint density at radius 2 is 1.80 bits per heavy atom. The minimum absolute atomic E-state index is 0. The van der Waals surface area contributed by atoms with Crippen molar-refractivity contribution < 1.29 is 4.39 Å². The number of halogens is 2. The third-order valence-corrected chi connectivity index (χ3v) is 7.52. The van der Waals surface area contributed by atoms with E-state index in [1.165, 1.54) is 12.1 Å². The molecule has 0 spiro atoms. The lowest BCUT2D eigenvalue weighted by atomic mass is 10.0. The van der Waals surface area contributed by atoms with Gasteiger partial charge in [-0.3, -0.25) is 4.90 Å². The number of anilines is 2. The third-order valence-electron chi connectivity index (χ3n) is 6.60. The summed E-state index contributed by atoms with van der Waals surface area (Å²) in [7, 11) is 0. The Balaban J connectivity index is 0.00000289. The molecule has 2 atom stereocenters. The van der Waals surface area contributed by atoms with Gasteiger partial charge in [0.25, 0.3) is 0 Å². The summed E-state index contributed by atoms with van der Waals surface area (Å²) in [5.41, 5.74) is 3.23. The maximum absolute atomic E-state index is 13.2. The van der Waals surface area contributed by atoms with Gasteiger partial charge >= 0.3 is 0 Å². The molecule has 35 heavy (non-hydrogen) atoms. The summed E-state index contributed by atoms with van der Waals surface area (Å²) < 4.78 is 13.2. The van der Waals surface area contributed by atoms with Crippen LogP contribution < -0.4 is 15.5 Å². The van der Waals surface area contributed by atoms with E-state index in [-0.39, 0.29) is 18.2 Å². The predicted octanol–water partition coefficient (Wildman–Crippen LogP) is 5.03. The Bertz CT molecular complexity index is 1080. The first-order valence-corrected chi connectivity index (χ1v) is 13.1. The molecule has 2 aromatic heterocycles. The van der Waals surface area contributed by atoms with Gasteiger partial charge in [-0.25, -0.2) is 14.4 Å². The molecule has 0 bridgehead atoms. The first kappa shape index (κ1) is 25.8. The number of piperazine rings is 1. The molecule has 6 nitrogen and oxygen atoms in total. The molecule has 2 N–H and O–H groups in total. The van der Waals surface area contributed by atoms with Crippen LogP contribution in [0.4, 0.5) is 15.9 Å². The second-order valence-electron chi connectivity index (χ2n) is 9.59. The number of benzene rings is 1. The van der Waals surface area contributed by atoms with Gasteiger partial charge in [0.05, 0.1) is 11.3 Å². The Hall–Kier alpha value is -2.26. The van der Waals surface area contributed by atoms with E-state index in [1.54, 1.807) is 23.5 Å². The highest BCUT2D eigenvalue weighted by molar-refractivity contribution is 7.13. The van der Waals surface area contributed by atoms with Crippen molar-refractivity contribution in [2.24, 2.45) is 0 Å². The van der Waals surface area contributed by atoms with Crippen LogP contribution in [-0.2, 0) is 6.54 Å². The normalized spacial score (nSPS) is 21.5. The largest absolute Gasteiger partial charge is 0.382 e. The van der Waals surface area contributed by atoms with E-state index in [0.29, 0.717) is 18.1 Å². The van der Waals surface area contributed by atoms with Gasteiger partial charge in [-0.1, -0.05) is 0 Å². The number of hydrogen-bond donors (Lipinski definition) is 2. The molecular formula is C26H34ClFN6S. The average Bonchev–Trinajstić information content (AvgIpc) is 3.29. The minimum atomic E-state index is -0.203. The molecule has 2 fully saturated rings. The van der Waals surface area contributed by atoms with Gasteiger partial charge in [-0.05, 0) is 63.1 Å². The zero-order chi connectivity index (χ0) is 23.5. The van der Waals surface area contributed by atoms with Crippen LogP contribution in [0, 0.1) is 5.82 Å². The van der Waals surface area contributed by atoms with Gasteiger partial charge < -0.3 is 15.5 Å². The SMILES string of the molecule is C[C@@H]1CN(Cc2csc(-c3cccnc3N3CCC(Nc4ccc(F)cc4)CC3)n2)C[C@H](C)N1.Cl. The van der Waals surface area contributed by atoms with Crippen LogP contribution in [0.5, 0.6) is 0 Å². The second-order valence-corrected chi connectivity index (χ2v) is 10.5. The summed E-state index contributed by atoms with van der Waals surface area (Å²) in [4.78, 5) is 14.6. The highest BCUT2D eigenvalue weighted by Gasteiger charge is 2.24. The summed E-state index contributed by atoms with van der Waals surface area (Å²) in [6, 6.07) is 12.2. The number of aromatic nitrogens is 2. The standard InChI is InChI=1S/C26H33FN6S.ClH/c1-18-14-32(15-19(2)29-18)16-23-17-34-26(31-23)24-4-3-11-28-25(24)33-12-9-22(10-13-33)30-21-7-5-20(27)6-8-21;/h3-8,11,17-19,22,29-30H,9-10,12-16H2,1-2H3;1H/t18-,19+;. The van der Waals surface area contributed by atoms with Gasteiger partial charge in [-0.15, -0.1) is 23.7 Å². The summed E-state index contributed by atoms with van der Waals surface area (Å²) in [6.45, 7) is 9.34. The van der Waals surface area contributed by atoms with Crippen molar-refractivity contribution in [1.29, 1.82) is 0 Å². The molecule has 0 amide bonds. The van der Waals surface area contributed by atoms with Gasteiger partial charge in [-0.2, -0.15) is 0 Å². The van der Waals surface area contributed by atoms with Crippen LogP contribution in [0.1, 0.15) is 32.4 Å². The van der Waals surface area contributed by atoms with Gasteiger partial charge in [0, 0.05) is 68.1 Å². The monoisotopic (exact) mass is 516 g/mol. The van der Waals surface area contributed by atoms with Crippen molar-refractivity contribution in [3.63, 3.8) is 0 Å². The molecule has 0 aliphatic carbocycles. The lowest BCUT2D eigenvalue weighted by Gasteiger charge is -2.35. The summed E-state index contributed by atoms with van der Waals surface area (Å²) in [5.74, 6) is 0.818. The number of thiazole rings is 1. The number of pyridine rings is 1. The Labute approximate surface area is 217 Å². The maximum atomic E-state index is 13.2. The van der Waals surface area contributed by atoms with Crippen molar-refractivity contribution in [2.75, 3.05) is 36.4 Å². The Morgan fingerprint density at radius 1 is 1.09 bits per heavy atom. The topological polar surface area (TPSA) is 56.3 Å². The van der Waals surface area contributed by atoms with Gasteiger partial charge in [0.15, 0.2) is 0 Å². The molecule has 0 radical (unpaired) electrons. The zero-order valence-corrected chi connectivity index (χ0v) is 21.9. The summed E-state index contributed by atoms with van der Waals surface area (Å²) in [6.07, 6.45) is 3.89. The molecule has 1 aromatic carbocycles. The van der Waals surface area contributed by atoms with Crippen molar-refractivity contribution in [2.45, 2.75) is 51.4 Å². The fraction of sp³-hybridized carbons (Fsp3) is 0.462. The van der Waals surface area contributed by atoms with Crippen LogP contribution >= 0.6 is 23.7 Å². The summed E-state index contributed by atoms with van der Waals surface area (Å²) >= 11 is 1.71.